The smallest absolute Gasteiger partial charge is 0.185 e. The predicted octanol–water partition coefficient (Wildman–Crippen LogP) is 9.53. The van der Waals surface area contributed by atoms with E-state index in [0.717, 1.165) is 36.8 Å². The minimum absolute atomic E-state index is 0.235. The summed E-state index contributed by atoms with van der Waals surface area (Å²) in [6.07, 6.45) is 16.8. The van der Waals surface area contributed by atoms with Crippen molar-refractivity contribution in [3.63, 3.8) is 0 Å². The zero-order valence-electron chi connectivity index (χ0n) is 19.4. The summed E-state index contributed by atoms with van der Waals surface area (Å²) in [6.45, 7) is 11.5. The lowest BCUT2D eigenvalue weighted by atomic mass is 9.99. The van der Waals surface area contributed by atoms with Crippen LogP contribution in [0.4, 0.5) is 0 Å². The Morgan fingerprint density at radius 3 is 1.64 bits per heavy atom. The van der Waals surface area contributed by atoms with Gasteiger partial charge in [-0.05, 0) is 44.2 Å². The number of rotatable bonds is 16. The van der Waals surface area contributed by atoms with E-state index in [0.29, 0.717) is 5.75 Å². The van der Waals surface area contributed by atoms with Crippen LogP contribution in [0.1, 0.15) is 123 Å². The molecule has 0 unspecified atom stereocenters. The summed E-state index contributed by atoms with van der Waals surface area (Å²) in [5.41, 5.74) is 2.13. The van der Waals surface area contributed by atoms with Crippen molar-refractivity contribution in [1.82, 2.24) is 0 Å². The maximum absolute atomic E-state index is 13.0. The Labute approximate surface area is 180 Å². The van der Waals surface area contributed by atoms with Gasteiger partial charge in [-0.25, -0.2) is 0 Å². The van der Waals surface area contributed by atoms with Gasteiger partial charge in [0, 0.05) is 20.8 Å². The third-order valence-electron chi connectivity index (χ3n) is 5.59. The maximum atomic E-state index is 13.0. The molecule has 0 atom stereocenters. The molecule has 2 heteroatoms. The van der Waals surface area contributed by atoms with Crippen LogP contribution < -0.4 is 0 Å². The summed E-state index contributed by atoms with van der Waals surface area (Å²) in [6, 6.07) is 4.44. The monoisotopic (exact) mass is 405 g/mol. The van der Waals surface area contributed by atoms with Gasteiger partial charge in [0.15, 0.2) is 5.75 Å². The Hall–Kier alpha value is -0.630. The second-order valence-corrected chi connectivity index (χ2v) is 10.8. The SMILES string of the molecule is CCCCCCc1cc(SC(C)(C)CCCCC)cc(CCCCCC)c1[O]. The molecule has 0 aliphatic carbocycles. The Morgan fingerprint density at radius 2 is 1.18 bits per heavy atom. The molecular formula is C26H45OS. The summed E-state index contributed by atoms with van der Waals surface area (Å²) in [7, 11) is 0. The van der Waals surface area contributed by atoms with Gasteiger partial charge >= 0.3 is 0 Å². The van der Waals surface area contributed by atoms with Gasteiger partial charge in [0.05, 0.1) is 0 Å². The van der Waals surface area contributed by atoms with Gasteiger partial charge < -0.3 is 0 Å². The number of aryl methyl sites for hydroxylation is 2. The minimum atomic E-state index is 0.235. The molecular weight excluding hydrogens is 360 g/mol. The second-order valence-electron chi connectivity index (χ2n) is 9.01. The topological polar surface area (TPSA) is 19.9 Å². The van der Waals surface area contributed by atoms with Crippen molar-refractivity contribution in [1.29, 1.82) is 0 Å². The molecule has 0 spiro atoms. The highest BCUT2D eigenvalue weighted by molar-refractivity contribution is 8.00. The Morgan fingerprint density at radius 1 is 0.714 bits per heavy atom. The molecule has 1 aromatic carbocycles. The number of benzene rings is 1. The normalized spacial score (nSPS) is 11.9. The fourth-order valence-corrected chi connectivity index (χ4v) is 5.09. The van der Waals surface area contributed by atoms with Gasteiger partial charge in [-0.3, -0.25) is 5.11 Å². The van der Waals surface area contributed by atoms with Crippen LogP contribution in [0.2, 0.25) is 0 Å². The number of hydrogen-bond donors (Lipinski definition) is 0. The highest BCUT2D eigenvalue weighted by atomic mass is 32.2. The van der Waals surface area contributed by atoms with E-state index in [1.165, 1.54) is 69.1 Å². The van der Waals surface area contributed by atoms with Crippen LogP contribution >= 0.6 is 11.8 Å². The Balaban J connectivity index is 2.89. The zero-order valence-corrected chi connectivity index (χ0v) is 20.2. The molecule has 1 radical (unpaired) electrons. The summed E-state index contributed by atoms with van der Waals surface area (Å²) in [4.78, 5) is 1.32. The summed E-state index contributed by atoms with van der Waals surface area (Å²) >= 11 is 1.98. The van der Waals surface area contributed by atoms with E-state index in [1.807, 2.05) is 11.8 Å². The van der Waals surface area contributed by atoms with Crippen molar-refractivity contribution in [3.05, 3.63) is 23.3 Å². The molecule has 0 N–H and O–H groups in total. The highest BCUT2D eigenvalue weighted by Crippen LogP contribution is 2.40. The van der Waals surface area contributed by atoms with E-state index in [-0.39, 0.29) is 4.75 Å². The zero-order chi connectivity index (χ0) is 20.8. The molecule has 1 aromatic rings. The number of hydrogen-bond acceptors (Lipinski definition) is 1. The van der Waals surface area contributed by atoms with Gasteiger partial charge in [-0.15, -0.1) is 11.8 Å². The predicted molar refractivity (Wildman–Crippen MR) is 126 cm³/mol. The van der Waals surface area contributed by atoms with Crippen molar-refractivity contribution >= 4 is 11.8 Å². The molecule has 1 nitrogen and oxygen atoms in total. The van der Waals surface area contributed by atoms with Gasteiger partial charge in [-0.1, -0.05) is 92.4 Å². The van der Waals surface area contributed by atoms with Crippen LogP contribution in [0.25, 0.3) is 0 Å². The molecule has 0 amide bonds. The second kappa shape index (κ2) is 14.4. The van der Waals surface area contributed by atoms with Crippen molar-refractivity contribution in [2.75, 3.05) is 0 Å². The molecule has 0 saturated heterocycles. The fraction of sp³-hybridized carbons (Fsp3) is 0.769. The van der Waals surface area contributed by atoms with Crippen molar-refractivity contribution in [2.24, 2.45) is 0 Å². The third-order valence-corrected chi connectivity index (χ3v) is 6.82. The first-order valence-electron chi connectivity index (χ1n) is 11.9. The molecule has 0 bridgehead atoms. The Bertz CT molecular complexity index is 502. The molecule has 0 saturated carbocycles. The first-order chi connectivity index (χ1) is 13.4. The van der Waals surface area contributed by atoms with Crippen LogP contribution in [0.15, 0.2) is 17.0 Å². The van der Waals surface area contributed by atoms with Crippen LogP contribution in [0.3, 0.4) is 0 Å². The van der Waals surface area contributed by atoms with Gasteiger partial charge in [0.1, 0.15) is 0 Å². The average Bonchev–Trinajstić information content (AvgIpc) is 2.65. The quantitative estimate of drug-likeness (QED) is 0.198. The third kappa shape index (κ3) is 10.2. The molecule has 0 aliphatic rings. The van der Waals surface area contributed by atoms with Crippen LogP contribution in [0.5, 0.6) is 5.75 Å². The van der Waals surface area contributed by atoms with Crippen LogP contribution in [-0.2, 0) is 17.9 Å². The minimum Gasteiger partial charge on any atom is -0.289 e. The molecule has 28 heavy (non-hydrogen) atoms. The molecule has 0 aliphatic heterocycles. The standard InChI is InChI=1S/C26H45OS/c1-6-9-12-14-17-22-20-24(28-26(4,5)19-16-11-8-3)21-23(25(22)27)18-15-13-10-7-2/h20-21H,6-19H2,1-5H3. The van der Waals surface area contributed by atoms with E-state index in [9.17, 15) is 5.11 Å². The largest absolute Gasteiger partial charge is 0.289 e. The Kier molecular flexibility index (Phi) is 13.0. The van der Waals surface area contributed by atoms with Gasteiger partial charge in [-0.2, -0.15) is 0 Å². The van der Waals surface area contributed by atoms with Gasteiger partial charge in [0.2, 0.25) is 0 Å². The molecule has 161 valence electrons. The van der Waals surface area contributed by atoms with Crippen molar-refractivity contribution in [2.45, 2.75) is 134 Å². The van der Waals surface area contributed by atoms with Crippen LogP contribution in [-0.4, -0.2) is 4.75 Å². The summed E-state index contributed by atoms with van der Waals surface area (Å²) in [5.74, 6) is 0.334. The lowest BCUT2D eigenvalue weighted by Gasteiger charge is -2.25. The highest BCUT2D eigenvalue weighted by Gasteiger charge is 2.21. The van der Waals surface area contributed by atoms with E-state index < -0.39 is 0 Å². The van der Waals surface area contributed by atoms with Gasteiger partial charge in [0.25, 0.3) is 0 Å². The first-order valence-corrected chi connectivity index (χ1v) is 12.8. The van der Waals surface area contributed by atoms with E-state index in [2.05, 4.69) is 46.8 Å². The molecule has 0 aromatic heterocycles. The summed E-state index contributed by atoms with van der Waals surface area (Å²) in [5, 5.41) is 13.0. The molecule has 1 rings (SSSR count). The van der Waals surface area contributed by atoms with Crippen molar-refractivity contribution in [3.8, 4) is 5.75 Å². The number of thioether (sulfide) groups is 1. The first kappa shape index (κ1) is 25.4. The lowest BCUT2D eigenvalue weighted by molar-refractivity contribution is 0.343. The number of unbranched alkanes of at least 4 members (excludes halogenated alkanes) is 8. The van der Waals surface area contributed by atoms with Crippen LogP contribution in [0, 0.1) is 0 Å². The van der Waals surface area contributed by atoms with E-state index in [1.54, 1.807) is 0 Å². The average molecular weight is 406 g/mol. The van der Waals surface area contributed by atoms with E-state index >= 15 is 0 Å². The van der Waals surface area contributed by atoms with E-state index in [4.69, 9.17) is 0 Å². The molecule has 0 heterocycles. The van der Waals surface area contributed by atoms with Crippen molar-refractivity contribution < 1.29 is 5.11 Å². The fourth-order valence-electron chi connectivity index (χ4n) is 3.81. The lowest BCUT2D eigenvalue weighted by Crippen LogP contribution is -2.14. The summed E-state index contributed by atoms with van der Waals surface area (Å²) < 4.78 is 0.235. The molecule has 0 fully saturated rings. The maximum Gasteiger partial charge on any atom is 0.185 e.